The van der Waals surface area contributed by atoms with Gasteiger partial charge in [-0.1, -0.05) is 44.4 Å². The fraction of sp³-hybridized carbons (Fsp3) is 0.474. The minimum absolute atomic E-state index is 0.102. The van der Waals surface area contributed by atoms with Gasteiger partial charge >= 0.3 is 5.63 Å². The Balaban J connectivity index is 1.78. The molecule has 4 heteroatoms. The van der Waals surface area contributed by atoms with Crippen molar-refractivity contribution in [1.82, 2.24) is 5.32 Å². The molecule has 1 fully saturated rings. The highest BCUT2D eigenvalue weighted by Crippen LogP contribution is 2.30. The predicted octanol–water partition coefficient (Wildman–Crippen LogP) is 3.88. The largest absolute Gasteiger partial charge is 0.422 e. The smallest absolute Gasteiger partial charge is 0.349 e. The van der Waals surface area contributed by atoms with Crippen molar-refractivity contribution in [3.63, 3.8) is 0 Å². The van der Waals surface area contributed by atoms with Crippen LogP contribution in [0.3, 0.4) is 0 Å². The zero-order chi connectivity index (χ0) is 16.2. The Morgan fingerprint density at radius 1 is 1.30 bits per heavy atom. The topological polar surface area (TPSA) is 59.3 Å². The molecule has 1 aromatic carbocycles. The van der Waals surface area contributed by atoms with Gasteiger partial charge in [0.05, 0.1) is 0 Å². The molecule has 1 saturated carbocycles. The number of benzene rings is 1. The molecule has 1 N–H and O–H groups in total. The van der Waals surface area contributed by atoms with E-state index in [9.17, 15) is 9.59 Å². The molecular formula is C19H23NO3. The van der Waals surface area contributed by atoms with E-state index in [-0.39, 0.29) is 17.5 Å². The van der Waals surface area contributed by atoms with Crippen molar-refractivity contribution in [2.45, 2.75) is 51.5 Å². The minimum Gasteiger partial charge on any atom is -0.422 e. The lowest BCUT2D eigenvalue weighted by molar-refractivity contribution is 0.0923. The van der Waals surface area contributed by atoms with Crippen LogP contribution in [0.25, 0.3) is 11.0 Å². The van der Waals surface area contributed by atoms with Crippen molar-refractivity contribution >= 4 is 16.9 Å². The molecule has 4 nitrogen and oxygen atoms in total. The van der Waals surface area contributed by atoms with Gasteiger partial charge in [0.15, 0.2) is 0 Å². The van der Waals surface area contributed by atoms with Crippen LogP contribution in [0.2, 0.25) is 0 Å². The number of amides is 1. The van der Waals surface area contributed by atoms with Crippen LogP contribution < -0.4 is 10.9 Å². The molecule has 122 valence electrons. The second-order valence-electron chi connectivity index (χ2n) is 6.40. The van der Waals surface area contributed by atoms with Gasteiger partial charge in [-0.25, -0.2) is 4.79 Å². The van der Waals surface area contributed by atoms with Gasteiger partial charge in [-0.3, -0.25) is 4.79 Å². The van der Waals surface area contributed by atoms with E-state index in [1.54, 1.807) is 12.1 Å². The first-order valence-corrected chi connectivity index (χ1v) is 8.53. The third-order valence-electron chi connectivity index (χ3n) is 4.79. The number of para-hydroxylation sites is 1. The van der Waals surface area contributed by atoms with Crippen LogP contribution in [-0.4, -0.2) is 11.9 Å². The molecule has 2 unspecified atom stereocenters. The van der Waals surface area contributed by atoms with Gasteiger partial charge in [0.2, 0.25) is 0 Å². The number of rotatable bonds is 5. The summed E-state index contributed by atoms with van der Waals surface area (Å²) in [6.07, 6.45) is 6.82. The van der Waals surface area contributed by atoms with Crippen molar-refractivity contribution in [2.75, 3.05) is 0 Å². The summed E-state index contributed by atoms with van der Waals surface area (Å²) in [6, 6.07) is 9.06. The molecule has 0 aliphatic heterocycles. The van der Waals surface area contributed by atoms with E-state index in [0.717, 1.165) is 31.1 Å². The number of fused-ring (bicyclic) bond motifs is 1. The Morgan fingerprint density at radius 2 is 2.13 bits per heavy atom. The third kappa shape index (κ3) is 3.46. The van der Waals surface area contributed by atoms with Crippen molar-refractivity contribution in [2.24, 2.45) is 5.92 Å². The normalized spacial score (nSPS) is 20.7. The number of unbranched alkanes of at least 4 members (excludes halogenated alkanes) is 1. The third-order valence-corrected chi connectivity index (χ3v) is 4.79. The van der Waals surface area contributed by atoms with E-state index < -0.39 is 5.63 Å². The highest BCUT2D eigenvalue weighted by molar-refractivity contribution is 5.96. The maximum Gasteiger partial charge on any atom is 0.349 e. The molecule has 2 aromatic rings. The highest BCUT2D eigenvalue weighted by atomic mass is 16.4. The minimum atomic E-state index is -0.565. The summed E-state index contributed by atoms with van der Waals surface area (Å²) >= 11 is 0. The Morgan fingerprint density at radius 3 is 2.96 bits per heavy atom. The van der Waals surface area contributed by atoms with Gasteiger partial charge < -0.3 is 9.73 Å². The van der Waals surface area contributed by atoms with Crippen LogP contribution in [0.15, 0.2) is 39.5 Å². The molecule has 1 amide bonds. The van der Waals surface area contributed by atoms with E-state index in [0.29, 0.717) is 11.5 Å². The Kier molecular flexibility index (Phi) is 4.79. The standard InChI is InChI=1S/C19H23NO3/c1-2-3-7-13-9-6-10-16(13)20-18(21)15-12-14-8-4-5-11-17(14)23-19(15)22/h4-5,8,11-13,16H,2-3,6-7,9-10H2,1H3,(H,20,21). The lowest BCUT2D eigenvalue weighted by atomic mass is 9.96. The number of nitrogens with one attached hydrogen (secondary N) is 1. The average Bonchev–Trinajstić information content (AvgIpc) is 2.99. The average molecular weight is 313 g/mol. The van der Waals surface area contributed by atoms with Crippen LogP contribution in [0.4, 0.5) is 0 Å². The maximum atomic E-state index is 12.5. The molecule has 1 aliphatic rings. The van der Waals surface area contributed by atoms with Crippen molar-refractivity contribution < 1.29 is 9.21 Å². The van der Waals surface area contributed by atoms with Gasteiger partial charge in [-0.15, -0.1) is 0 Å². The molecule has 0 saturated heterocycles. The predicted molar refractivity (Wildman–Crippen MR) is 90.6 cm³/mol. The summed E-state index contributed by atoms with van der Waals surface area (Å²) in [5, 5.41) is 3.83. The first kappa shape index (κ1) is 15.8. The van der Waals surface area contributed by atoms with Crippen molar-refractivity contribution in [3.8, 4) is 0 Å². The molecule has 0 spiro atoms. The summed E-state index contributed by atoms with van der Waals surface area (Å²) in [5.74, 6) is 0.226. The molecule has 2 atom stereocenters. The fourth-order valence-electron chi connectivity index (χ4n) is 3.51. The molecule has 1 heterocycles. The molecule has 23 heavy (non-hydrogen) atoms. The number of hydrogen-bond acceptors (Lipinski definition) is 3. The van der Waals surface area contributed by atoms with E-state index in [4.69, 9.17) is 4.42 Å². The van der Waals surface area contributed by atoms with Gasteiger partial charge in [0.25, 0.3) is 5.91 Å². The Hall–Kier alpha value is -2.10. The SMILES string of the molecule is CCCCC1CCCC1NC(=O)c1cc2ccccc2oc1=O. The summed E-state index contributed by atoms with van der Waals surface area (Å²) in [6.45, 7) is 2.18. The van der Waals surface area contributed by atoms with Crippen LogP contribution in [0.5, 0.6) is 0 Å². The highest BCUT2D eigenvalue weighted by Gasteiger charge is 2.29. The van der Waals surface area contributed by atoms with Crippen LogP contribution in [-0.2, 0) is 0 Å². The van der Waals surface area contributed by atoms with Gasteiger partial charge in [0.1, 0.15) is 11.1 Å². The molecule has 0 radical (unpaired) electrons. The first-order valence-electron chi connectivity index (χ1n) is 8.53. The molecule has 1 aliphatic carbocycles. The number of carbonyl (C=O) groups excluding carboxylic acids is 1. The summed E-state index contributed by atoms with van der Waals surface area (Å²) in [7, 11) is 0. The molecule has 1 aromatic heterocycles. The summed E-state index contributed by atoms with van der Waals surface area (Å²) < 4.78 is 5.25. The molecule has 0 bridgehead atoms. The van der Waals surface area contributed by atoms with Crippen LogP contribution in [0, 0.1) is 5.92 Å². The van der Waals surface area contributed by atoms with Crippen molar-refractivity contribution in [1.29, 1.82) is 0 Å². The van der Waals surface area contributed by atoms with Gasteiger partial charge in [-0.05, 0) is 37.3 Å². The van der Waals surface area contributed by atoms with Crippen molar-refractivity contribution in [3.05, 3.63) is 46.3 Å². The van der Waals surface area contributed by atoms with Gasteiger partial charge in [-0.2, -0.15) is 0 Å². The zero-order valence-corrected chi connectivity index (χ0v) is 13.5. The lowest BCUT2D eigenvalue weighted by Gasteiger charge is -2.20. The second-order valence-corrected chi connectivity index (χ2v) is 6.40. The quantitative estimate of drug-likeness (QED) is 0.852. The molecular weight excluding hydrogens is 290 g/mol. The fourth-order valence-corrected chi connectivity index (χ4v) is 3.51. The van der Waals surface area contributed by atoms with E-state index in [2.05, 4.69) is 12.2 Å². The summed E-state index contributed by atoms with van der Waals surface area (Å²) in [5.41, 5.74) is 0.0462. The first-order chi connectivity index (χ1) is 11.2. The lowest BCUT2D eigenvalue weighted by Crippen LogP contribution is -2.39. The van der Waals surface area contributed by atoms with Gasteiger partial charge in [0, 0.05) is 11.4 Å². The Labute approximate surface area is 135 Å². The molecule has 3 rings (SSSR count). The van der Waals surface area contributed by atoms with E-state index >= 15 is 0 Å². The zero-order valence-electron chi connectivity index (χ0n) is 13.5. The van der Waals surface area contributed by atoms with E-state index in [1.165, 1.54) is 12.8 Å². The second kappa shape index (κ2) is 6.99. The number of carbonyl (C=O) groups is 1. The monoisotopic (exact) mass is 313 g/mol. The van der Waals surface area contributed by atoms with Crippen LogP contribution in [0.1, 0.15) is 55.8 Å². The van der Waals surface area contributed by atoms with E-state index in [1.807, 2.05) is 18.2 Å². The number of hydrogen-bond donors (Lipinski definition) is 1. The maximum absolute atomic E-state index is 12.5. The Bertz CT molecular complexity index is 750. The summed E-state index contributed by atoms with van der Waals surface area (Å²) in [4.78, 5) is 24.6. The van der Waals surface area contributed by atoms with Crippen LogP contribution >= 0.6 is 0 Å².